The summed E-state index contributed by atoms with van der Waals surface area (Å²) in [6.45, 7) is 27.7. The molecule has 0 aliphatic heterocycles. The fourth-order valence-electron chi connectivity index (χ4n) is 5.63. The molecule has 4 N–H and O–H groups in total. The number of aliphatic carboxylic acids is 2. The average Bonchev–Trinajstić information content (AvgIpc) is 2.84. The molecule has 0 bridgehead atoms. The van der Waals surface area contributed by atoms with Gasteiger partial charge < -0.3 is 20.4 Å². The summed E-state index contributed by atoms with van der Waals surface area (Å²) in [7, 11) is 0. The number of carboxylic acids is 2. The first-order valence-electron chi connectivity index (χ1n) is 15.9. The number of carbonyl (C=O) groups is 2. The van der Waals surface area contributed by atoms with Crippen LogP contribution in [0, 0.1) is 0 Å². The number of hydrogen-bond donors (Lipinski definition) is 4. The summed E-state index contributed by atoms with van der Waals surface area (Å²) in [4.78, 5) is 25.6. The summed E-state index contributed by atoms with van der Waals surface area (Å²) >= 11 is 0.997. The van der Waals surface area contributed by atoms with Crippen molar-refractivity contribution >= 4 is 23.7 Å². The van der Waals surface area contributed by atoms with Gasteiger partial charge in [-0.15, -0.1) is 11.8 Å². The van der Waals surface area contributed by atoms with Crippen LogP contribution in [0.1, 0.15) is 143 Å². The van der Waals surface area contributed by atoms with Gasteiger partial charge in [0.05, 0.1) is 0 Å². The van der Waals surface area contributed by atoms with E-state index in [1.54, 1.807) is 13.8 Å². The minimum Gasteiger partial charge on any atom is -0.507 e. The van der Waals surface area contributed by atoms with Crippen molar-refractivity contribution in [3.8, 4) is 11.5 Å². The van der Waals surface area contributed by atoms with Gasteiger partial charge in [-0.2, -0.15) is 0 Å². The van der Waals surface area contributed by atoms with Crippen LogP contribution in [-0.4, -0.2) is 41.9 Å². The number of aromatic hydroxyl groups is 2. The van der Waals surface area contributed by atoms with Gasteiger partial charge in [0.25, 0.3) is 0 Å². The van der Waals surface area contributed by atoms with E-state index in [9.17, 15) is 30.0 Å². The van der Waals surface area contributed by atoms with E-state index in [1.807, 2.05) is 107 Å². The Bertz CT molecular complexity index is 1240. The number of hydrogen-bond acceptors (Lipinski definition) is 5. The van der Waals surface area contributed by atoms with Crippen LogP contribution >= 0.6 is 11.8 Å². The van der Waals surface area contributed by atoms with Crippen molar-refractivity contribution in [2.75, 3.05) is 0 Å². The molecule has 252 valence electrons. The quantitative estimate of drug-likeness (QED) is 0.204. The zero-order valence-corrected chi connectivity index (χ0v) is 31.0. The number of thioether (sulfide) groups is 1. The fourth-order valence-corrected chi connectivity index (χ4v) is 7.21. The van der Waals surface area contributed by atoms with Crippen LogP contribution in [0.2, 0.25) is 0 Å². The summed E-state index contributed by atoms with van der Waals surface area (Å²) in [6.07, 6.45) is 1.27. The Balaban J connectivity index is 2.47. The largest absolute Gasteiger partial charge is 0.507 e. The highest BCUT2D eigenvalue weighted by molar-refractivity contribution is 8.03. The van der Waals surface area contributed by atoms with E-state index in [1.165, 1.54) is 0 Å². The van der Waals surface area contributed by atoms with E-state index >= 15 is 0 Å². The predicted octanol–water partition coefficient (Wildman–Crippen LogP) is 9.27. The second-order valence-corrected chi connectivity index (χ2v) is 19.3. The van der Waals surface area contributed by atoms with Gasteiger partial charge in [-0.3, -0.25) is 9.59 Å². The number of phenols is 2. The Morgan fingerprint density at radius 2 is 0.733 bits per heavy atom. The normalized spacial score (nSPS) is 15.8. The molecule has 0 aromatic heterocycles. The minimum atomic E-state index is -1.38. The number of benzene rings is 2. The van der Waals surface area contributed by atoms with E-state index in [-0.39, 0.29) is 46.0 Å². The summed E-state index contributed by atoms with van der Waals surface area (Å²) < 4.78 is -2.76. The number of rotatable bonds is 10. The first kappa shape index (κ1) is 38.5. The second-order valence-electron chi connectivity index (χ2n) is 17.3. The molecule has 0 fully saturated rings. The van der Waals surface area contributed by atoms with Crippen LogP contribution in [0.4, 0.5) is 0 Å². The molecule has 0 spiro atoms. The highest BCUT2D eigenvalue weighted by Gasteiger charge is 2.45. The molecule has 0 saturated carbocycles. The Kier molecular flexibility index (Phi) is 11.0. The third-order valence-corrected chi connectivity index (χ3v) is 10.4. The van der Waals surface area contributed by atoms with Crippen LogP contribution in [-0.2, 0) is 44.1 Å². The van der Waals surface area contributed by atoms with Crippen molar-refractivity contribution in [3.63, 3.8) is 0 Å². The van der Waals surface area contributed by atoms with Gasteiger partial charge in [-0.1, -0.05) is 107 Å². The first-order chi connectivity index (χ1) is 20.0. The Morgan fingerprint density at radius 3 is 0.911 bits per heavy atom. The Hall–Kier alpha value is -2.67. The van der Waals surface area contributed by atoms with Gasteiger partial charge in [-0.05, 0) is 94.6 Å². The van der Waals surface area contributed by atoms with Crippen molar-refractivity contribution in [1.82, 2.24) is 0 Å². The van der Waals surface area contributed by atoms with Gasteiger partial charge >= 0.3 is 11.9 Å². The van der Waals surface area contributed by atoms with Crippen LogP contribution in [0.5, 0.6) is 11.5 Å². The van der Waals surface area contributed by atoms with Crippen molar-refractivity contribution in [2.24, 2.45) is 0 Å². The number of phenolic OH excluding ortho intramolecular Hbond substituents is 2. The lowest BCUT2D eigenvalue weighted by Crippen LogP contribution is -2.42. The predicted molar refractivity (Wildman–Crippen MR) is 187 cm³/mol. The van der Waals surface area contributed by atoms with E-state index in [0.29, 0.717) is 12.8 Å². The Morgan fingerprint density at radius 1 is 0.511 bits per heavy atom. The number of aryl methyl sites for hydroxylation is 2. The summed E-state index contributed by atoms with van der Waals surface area (Å²) in [6, 6.07) is 7.83. The second kappa shape index (κ2) is 12.8. The van der Waals surface area contributed by atoms with Crippen LogP contribution in [0.3, 0.4) is 0 Å². The van der Waals surface area contributed by atoms with Gasteiger partial charge in [0.2, 0.25) is 0 Å². The van der Waals surface area contributed by atoms with Crippen molar-refractivity contribution < 1.29 is 30.0 Å². The Labute approximate surface area is 276 Å². The molecule has 6 nitrogen and oxygen atoms in total. The maximum atomic E-state index is 12.8. The molecule has 0 heterocycles. The van der Waals surface area contributed by atoms with Gasteiger partial charge in [0, 0.05) is 0 Å². The molecule has 0 aliphatic rings. The van der Waals surface area contributed by atoms with Gasteiger partial charge in [0.15, 0.2) is 0 Å². The van der Waals surface area contributed by atoms with E-state index in [2.05, 4.69) is 0 Å². The smallest absolute Gasteiger partial charge is 0.319 e. The fraction of sp³-hybridized carbons (Fsp3) is 0.632. The third-order valence-electron chi connectivity index (χ3n) is 8.71. The standard InChI is InChI=1S/C38H58O6S/c1-33(2,3)25-19-23(20-26(29(25)39)34(4,5)6)15-17-37(13,31(41)42)45-38(14,32(43)44)18-16-24-21-27(35(7,8)9)30(40)28(22-24)36(10,11)12/h19-22,39-40H,15-18H2,1-14H3,(H,41,42)(H,43,44). The maximum Gasteiger partial charge on any atom is 0.319 e. The molecule has 2 aromatic rings. The molecule has 0 saturated heterocycles. The molecule has 45 heavy (non-hydrogen) atoms. The molecule has 0 amide bonds. The highest BCUT2D eigenvalue weighted by atomic mass is 32.2. The lowest BCUT2D eigenvalue weighted by atomic mass is 9.78. The summed E-state index contributed by atoms with van der Waals surface area (Å²) in [5, 5.41) is 43.2. The molecular formula is C38H58O6S. The average molecular weight is 643 g/mol. The lowest BCUT2D eigenvalue weighted by molar-refractivity contribution is -0.139. The molecule has 2 aromatic carbocycles. The maximum absolute atomic E-state index is 12.8. The highest BCUT2D eigenvalue weighted by Crippen LogP contribution is 2.46. The molecule has 7 heteroatoms. The van der Waals surface area contributed by atoms with Crippen LogP contribution in [0.15, 0.2) is 24.3 Å². The summed E-state index contributed by atoms with van der Waals surface area (Å²) in [5.41, 5.74) is 3.79. The number of carboxylic acid groups (broad SMARTS) is 2. The molecule has 2 rings (SSSR count). The van der Waals surface area contributed by atoms with E-state index < -0.39 is 21.4 Å². The summed E-state index contributed by atoms with van der Waals surface area (Å²) in [5.74, 6) is -1.57. The SMILES string of the molecule is CC(CCc1cc(C(C)(C)C)c(O)c(C(C)(C)C)c1)(SC(C)(CCc1cc(C(C)(C)C)c(O)c(C(C)(C)C)c1)C(=O)O)C(=O)O. The van der Waals surface area contributed by atoms with E-state index in [4.69, 9.17) is 0 Å². The third kappa shape index (κ3) is 9.21. The van der Waals surface area contributed by atoms with Crippen LogP contribution < -0.4 is 0 Å². The van der Waals surface area contributed by atoms with Crippen molar-refractivity contribution in [2.45, 2.75) is 154 Å². The zero-order chi connectivity index (χ0) is 35.1. The van der Waals surface area contributed by atoms with Gasteiger partial charge in [0.1, 0.15) is 21.0 Å². The van der Waals surface area contributed by atoms with Crippen molar-refractivity contribution in [1.29, 1.82) is 0 Å². The zero-order valence-electron chi connectivity index (χ0n) is 30.2. The molecular weight excluding hydrogens is 584 g/mol. The molecule has 2 unspecified atom stereocenters. The monoisotopic (exact) mass is 642 g/mol. The molecule has 0 aliphatic carbocycles. The topological polar surface area (TPSA) is 115 Å². The molecule has 0 radical (unpaired) electrons. The first-order valence-corrected chi connectivity index (χ1v) is 16.8. The van der Waals surface area contributed by atoms with Crippen molar-refractivity contribution in [3.05, 3.63) is 57.6 Å². The minimum absolute atomic E-state index is 0.218. The molecule has 2 atom stereocenters. The van der Waals surface area contributed by atoms with E-state index in [0.717, 1.165) is 45.1 Å². The lowest BCUT2D eigenvalue weighted by Gasteiger charge is -2.35. The van der Waals surface area contributed by atoms with Crippen LogP contribution in [0.25, 0.3) is 0 Å². The van der Waals surface area contributed by atoms with Gasteiger partial charge in [-0.25, -0.2) is 0 Å².